The lowest BCUT2D eigenvalue weighted by atomic mass is 10.1. The molecule has 0 bridgehead atoms. The van der Waals surface area contributed by atoms with Crippen LogP contribution >= 0.6 is 11.8 Å². The highest BCUT2D eigenvalue weighted by atomic mass is 32.2. The van der Waals surface area contributed by atoms with Crippen molar-refractivity contribution in [3.8, 4) is 11.5 Å². The predicted octanol–water partition coefficient (Wildman–Crippen LogP) is 4.37. The second-order valence-electron chi connectivity index (χ2n) is 5.92. The van der Waals surface area contributed by atoms with Gasteiger partial charge in [0.2, 0.25) is 11.8 Å². The van der Waals surface area contributed by atoms with Gasteiger partial charge in [0.15, 0.2) is 0 Å². The fourth-order valence-electron chi connectivity index (χ4n) is 2.34. The summed E-state index contributed by atoms with van der Waals surface area (Å²) < 4.78 is 31.5. The number of carbonyl (C=O) groups excluding carboxylic acids is 1. The van der Waals surface area contributed by atoms with Gasteiger partial charge in [0, 0.05) is 5.56 Å². The lowest BCUT2D eigenvalue weighted by molar-refractivity contribution is -0.120. The number of nitrogens with one attached hydrogen (secondary N) is 1. The standard InChI is InChI=1S/C19H17F2N3O2S/c1-11(13-3-7-15(20)8-4-13)22-17(25)12(2)27-19-24-23-18(26-19)14-5-9-16(21)10-6-14/h3-12H,1-2H3,(H,22,25)/t11-,12-/m0/s1. The summed E-state index contributed by atoms with van der Waals surface area (Å²) in [6.45, 7) is 3.54. The number of nitrogens with zero attached hydrogens (tertiary/aromatic N) is 2. The minimum Gasteiger partial charge on any atom is -0.411 e. The first kappa shape index (κ1) is 19.0. The molecule has 8 heteroatoms. The lowest BCUT2D eigenvalue weighted by Gasteiger charge is -2.16. The molecule has 0 saturated carbocycles. The van der Waals surface area contributed by atoms with Crippen molar-refractivity contribution in [2.45, 2.75) is 30.4 Å². The second kappa shape index (κ2) is 8.30. The van der Waals surface area contributed by atoms with Crippen LogP contribution in [0.1, 0.15) is 25.5 Å². The third-order valence-corrected chi connectivity index (χ3v) is 4.81. The van der Waals surface area contributed by atoms with Crippen LogP contribution in [-0.4, -0.2) is 21.4 Å². The van der Waals surface area contributed by atoms with E-state index in [2.05, 4.69) is 15.5 Å². The summed E-state index contributed by atoms with van der Waals surface area (Å²) >= 11 is 1.12. The first-order valence-electron chi connectivity index (χ1n) is 8.24. The number of halogens is 2. The van der Waals surface area contributed by atoms with E-state index in [0.717, 1.165) is 17.3 Å². The predicted molar refractivity (Wildman–Crippen MR) is 98.0 cm³/mol. The smallest absolute Gasteiger partial charge is 0.277 e. The second-order valence-corrected chi connectivity index (χ2v) is 7.21. The summed E-state index contributed by atoms with van der Waals surface area (Å²) in [6.07, 6.45) is 0. The molecule has 1 amide bonds. The normalized spacial score (nSPS) is 13.2. The first-order chi connectivity index (χ1) is 12.9. The van der Waals surface area contributed by atoms with Crippen LogP contribution in [0.4, 0.5) is 8.78 Å². The molecule has 1 heterocycles. The van der Waals surface area contributed by atoms with E-state index in [1.165, 1.54) is 36.4 Å². The summed E-state index contributed by atoms with van der Waals surface area (Å²) in [5, 5.41) is 10.5. The average molecular weight is 389 g/mol. The summed E-state index contributed by atoms with van der Waals surface area (Å²) in [7, 11) is 0. The van der Waals surface area contributed by atoms with Crippen molar-refractivity contribution in [3.05, 3.63) is 65.7 Å². The van der Waals surface area contributed by atoms with Crippen molar-refractivity contribution in [1.29, 1.82) is 0 Å². The van der Waals surface area contributed by atoms with Crippen LogP contribution in [-0.2, 0) is 4.79 Å². The molecule has 2 aromatic carbocycles. The maximum absolute atomic E-state index is 13.0. The number of rotatable bonds is 6. The van der Waals surface area contributed by atoms with Gasteiger partial charge >= 0.3 is 0 Å². The largest absolute Gasteiger partial charge is 0.411 e. The Morgan fingerprint density at radius 1 is 1.00 bits per heavy atom. The minimum absolute atomic E-state index is 0.210. The summed E-state index contributed by atoms with van der Waals surface area (Å²) in [5.74, 6) is -0.633. The highest BCUT2D eigenvalue weighted by Crippen LogP contribution is 2.26. The van der Waals surface area contributed by atoms with E-state index >= 15 is 0 Å². The number of hydrogen-bond donors (Lipinski definition) is 1. The number of hydrogen-bond acceptors (Lipinski definition) is 5. The molecule has 0 aliphatic rings. The quantitative estimate of drug-likeness (QED) is 0.634. The van der Waals surface area contributed by atoms with E-state index in [9.17, 15) is 13.6 Å². The number of benzene rings is 2. The molecule has 0 saturated heterocycles. The van der Waals surface area contributed by atoms with Crippen LogP contribution in [0.25, 0.3) is 11.5 Å². The van der Waals surface area contributed by atoms with Crippen LogP contribution in [0.2, 0.25) is 0 Å². The highest BCUT2D eigenvalue weighted by Gasteiger charge is 2.20. The molecule has 0 spiro atoms. The van der Waals surface area contributed by atoms with Gasteiger partial charge in [-0.2, -0.15) is 0 Å². The van der Waals surface area contributed by atoms with Crippen molar-refractivity contribution >= 4 is 17.7 Å². The fraction of sp³-hybridized carbons (Fsp3) is 0.211. The van der Waals surface area contributed by atoms with E-state index in [-0.39, 0.29) is 34.7 Å². The zero-order chi connectivity index (χ0) is 19.4. The van der Waals surface area contributed by atoms with Gasteiger partial charge in [-0.15, -0.1) is 10.2 Å². The Kier molecular flexibility index (Phi) is 5.85. The Morgan fingerprint density at radius 3 is 2.22 bits per heavy atom. The van der Waals surface area contributed by atoms with E-state index < -0.39 is 5.25 Å². The van der Waals surface area contributed by atoms with E-state index in [1.54, 1.807) is 19.1 Å². The van der Waals surface area contributed by atoms with Crippen molar-refractivity contribution in [2.24, 2.45) is 0 Å². The summed E-state index contributed by atoms with van der Waals surface area (Å²) in [6, 6.07) is 11.4. The average Bonchev–Trinajstić information content (AvgIpc) is 3.11. The molecule has 5 nitrogen and oxygen atoms in total. The Labute approximate surface area is 159 Å². The molecule has 0 aliphatic carbocycles. The van der Waals surface area contributed by atoms with Crippen molar-refractivity contribution in [3.63, 3.8) is 0 Å². The monoisotopic (exact) mass is 389 g/mol. The molecule has 27 heavy (non-hydrogen) atoms. The van der Waals surface area contributed by atoms with Gasteiger partial charge in [0.05, 0.1) is 11.3 Å². The molecule has 1 N–H and O–H groups in total. The zero-order valence-electron chi connectivity index (χ0n) is 14.6. The Hall–Kier alpha value is -2.74. The summed E-state index contributed by atoms with van der Waals surface area (Å²) in [4.78, 5) is 12.4. The van der Waals surface area contributed by atoms with Crippen LogP contribution in [0.5, 0.6) is 0 Å². The van der Waals surface area contributed by atoms with Crippen molar-refractivity contribution in [2.75, 3.05) is 0 Å². The van der Waals surface area contributed by atoms with Gasteiger partial charge in [-0.25, -0.2) is 8.78 Å². The maximum Gasteiger partial charge on any atom is 0.277 e. The van der Waals surface area contributed by atoms with Crippen molar-refractivity contribution < 1.29 is 18.0 Å². The molecular weight excluding hydrogens is 372 g/mol. The molecule has 1 aromatic heterocycles. The molecule has 0 fully saturated rings. The highest BCUT2D eigenvalue weighted by molar-refractivity contribution is 8.00. The molecule has 140 valence electrons. The summed E-state index contributed by atoms with van der Waals surface area (Å²) in [5.41, 5.74) is 1.40. The molecule has 3 rings (SSSR count). The third-order valence-electron chi connectivity index (χ3n) is 3.87. The Morgan fingerprint density at radius 2 is 1.59 bits per heavy atom. The lowest BCUT2D eigenvalue weighted by Crippen LogP contribution is -2.33. The van der Waals surface area contributed by atoms with E-state index in [4.69, 9.17) is 4.42 Å². The first-order valence-corrected chi connectivity index (χ1v) is 9.12. The van der Waals surface area contributed by atoms with Gasteiger partial charge in [0.1, 0.15) is 11.6 Å². The van der Waals surface area contributed by atoms with Crippen LogP contribution in [0.3, 0.4) is 0 Å². The zero-order valence-corrected chi connectivity index (χ0v) is 15.5. The van der Waals surface area contributed by atoms with Crippen molar-refractivity contribution in [1.82, 2.24) is 15.5 Å². The maximum atomic E-state index is 13.0. The Balaban J connectivity index is 1.59. The minimum atomic E-state index is -0.477. The Bertz CT molecular complexity index is 913. The van der Waals surface area contributed by atoms with Gasteiger partial charge in [0.25, 0.3) is 5.22 Å². The van der Waals surface area contributed by atoms with Gasteiger partial charge in [-0.1, -0.05) is 23.9 Å². The topological polar surface area (TPSA) is 68.0 Å². The van der Waals surface area contributed by atoms with Gasteiger partial charge in [-0.3, -0.25) is 4.79 Å². The third kappa shape index (κ3) is 4.91. The molecule has 0 unspecified atom stereocenters. The number of amides is 1. The molecule has 3 aromatic rings. The molecule has 0 aliphatic heterocycles. The van der Waals surface area contributed by atoms with E-state index in [1.807, 2.05) is 6.92 Å². The fourth-order valence-corrected chi connectivity index (χ4v) is 3.03. The van der Waals surface area contributed by atoms with Gasteiger partial charge < -0.3 is 9.73 Å². The van der Waals surface area contributed by atoms with E-state index in [0.29, 0.717) is 5.56 Å². The van der Waals surface area contributed by atoms with Crippen LogP contribution in [0.15, 0.2) is 58.2 Å². The molecule has 2 atom stereocenters. The number of aromatic nitrogens is 2. The number of carbonyl (C=O) groups is 1. The number of thioether (sulfide) groups is 1. The van der Waals surface area contributed by atoms with Gasteiger partial charge in [-0.05, 0) is 55.8 Å². The molecule has 0 radical (unpaired) electrons. The molecular formula is C19H17F2N3O2S. The van der Waals surface area contributed by atoms with Crippen LogP contribution < -0.4 is 5.32 Å². The SMILES string of the molecule is C[C@H](Sc1nnc(-c2ccc(F)cc2)o1)C(=O)N[C@@H](C)c1ccc(F)cc1. The van der Waals surface area contributed by atoms with Crippen LogP contribution in [0, 0.1) is 11.6 Å².